The molecule has 2 rings (SSSR count). The number of aliphatic hydroxyl groups is 2. The Labute approximate surface area is 125 Å². The van der Waals surface area contributed by atoms with Gasteiger partial charge in [-0.05, 0) is 24.3 Å². The van der Waals surface area contributed by atoms with Gasteiger partial charge in [-0.15, -0.1) is 0 Å². The minimum atomic E-state index is -2.05. The first-order valence-electron chi connectivity index (χ1n) is 5.53. The molecule has 0 amide bonds. The van der Waals surface area contributed by atoms with E-state index >= 15 is 0 Å². The molecule has 0 atom stereocenters. The molecule has 96 valence electrons. The summed E-state index contributed by atoms with van der Waals surface area (Å²) in [6.07, 6.45) is -0.00491. The zero-order valence-electron chi connectivity index (χ0n) is 9.91. The van der Waals surface area contributed by atoms with E-state index in [-0.39, 0.29) is 36.7 Å². The van der Waals surface area contributed by atoms with Gasteiger partial charge in [-0.2, -0.15) is 0 Å². The number of aliphatic hydroxyl groups excluding tert-OH is 2. The van der Waals surface area contributed by atoms with Crippen LogP contribution in [0, 0.1) is 0 Å². The molecule has 0 saturated carbocycles. The van der Waals surface area contributed by atoms with Gasteiger partial charge < -0.3 is 34.2 Å². The lowest BCUT2D eigenvalue weighted by molar-refractivity contribution is -0.00000501. The lowest BCUT2D eigenvalue weighted by Gasteiger charge is -2.22. The van der Waals surface area contributed by atoms with Crippen molar-refractivity contribution in [3.63, 3.8) is 0 Å². The molecule has 2 N–H and O–H groups in total. The monoisotopic (exact) mass is 374 g/mol. The smallest absolute Gasteiger partial charge is 0.166 e. The van der Waals surface area contributed by atoms with Crippen molar-refractivity contribution in [3.8, 4) is 0 Å². The highest BCUT2D eigenvalue weighted by Gasteiger charge is 2.41. The van der Waals surface area contributed by atoms with Crippen molar-refractivity contribution in [1.82, 2.24) is 0 Å². The second-order valence-electron chi connectivity index (χ2n) is 3.92. The molecule has 0 radical (unpaired) electrons. The van der Waals surface area contributed by atoms with Crippen LogP contribution in [-0.2, 0) is 0 Å². The molecule has 0 spiro atoms. The van der Waals surface area contributed by atoms with Crippen molar-refractivity contribution in [2.45, 2.75) is 0 Å². The molecular weight excluding hydrogens is 358 g/mol. The normalized spacial score (nSPS) is 10.8. The summed E-state index contributed by atoms with van der Waals surface area (Å²) in [5.74, 6) is 0. The van der Waals surface area contributed by atoms with Crippen LogP contribution in [0.4, 0.5) is 0 Å². The summed E-state index contributed by atoms with van der Waals surface area (Å²) in [5.41, 5.74) is 0. The minimum Gasteiger partial charge on any atom is -1.00 e. The Morgan fingerprint density at radius 1 is 0.667 bits per heavy atom. The average molecular weight is 374 g/mol. The molecule has 18 heavy (non-hydrogen) atoms. The molecule has 0 heterocycles. The zero-order chi connectivity index (χ0) is 12.1. The van der Waals surface area contributed by atoms with Crippen LogP contribution in [0.2, 0.25) is 0 Å². The Morgan fingerprint density at radius 2 is 1.00 bits per heavy atom. The van der Waals surface area contributed by atoms with E-state index in [1.54, 1.807) is 0 Å². The fraction of sp³-hybridized carbons (Fsp3) is 0.143. The highest BCUT2D eigenvalue weighted by Crippen LogP contribution is 2.54. The quantitative estimate of drug-likeness (QED) is 0.509. The molecule has 0 aliphatic carbocycles. The molecule has 0 saturated heterocycles. The fourth-order valence-corrected chi connectivity index (χ4v) is 4.47. The second kappa shape index (κ2) is 7.19. The van der Waals surface area contributed by atoms with Crippen molar-refractivity contribution < 1.29 is 34.2 Å². The highest BCUT2D eigenvalue weighted by atomic mass is 127. The summed E-state index contributed by atoms with van der Waals surface area (Å²) >= 11 is 0. The van der Waals surface area contributed by atoms with Crippen molar-refractivity contribution in [3.05, 3.63) is 60.7 Å². The number of benzene rings is 2. The van der Waals surface area contributed by atoms with E-state index in [1.807, 2.05) is 60.7 Å². The Hall–Kier alpha value is -0.480. The first kappa shape index (κ1) is 15.6. The molecule has 0 aromatic heterocycles. The van der Waals surface area contributed by atoms with Gasteiger partial charge >= 0.3 is 0 Å². The van der Waals surface area contributed by atoms with Gasteiger partial charge in [-0.25, -0.2) is 0 Å². The molecule has 4 heteroatoms. The van der Waals surface area contributed by atoms with E-state index < -0.39 is 7.26 Å². The summed E-state index contributed by atoms with van der Waals surface area (Å²) in [6, 6.07) is 19.6. The molecule has 0 aliphatic rings. The van der Waals surface area contributed by atoms with E-state index in [4.69, 9.17) is 0 Å². The predicted molar refractivity (Wildman–Crippen MR) is 73.2 cm³/mol. The standard InChI is InChI=1S/C14H16O2P.HI/c15-11-17(12-16,13-7-3-1-4-8-13)14-9-5-2-6-10-14;/h1-10,15-16H,11-12H2;1H/q+1;/p-1. The van der Waals surface area contributed by atoms with Crippen LogP contribution in [0.25, 0.3) is 0 Å². The molecule has 2 aromatic carbocycles. The van der Waals surface area contributed by atoms with Gasteiger partial charge in [0.25, 0.3) is 0 Å². The first-order chi connectivity index (χ1) is 8.33. The summed E-state index contributed by atoms with van der Waals surface area (Å²) in [6.45, 7) is 0. The van der Waals surface area contributed by atoms with Gasteiger partial charge in [-0.3, -0.25) is 0 Å². The molecule has 2 aromatic rings. The van der Waals surface area contributed by atoms with Gasteiger partial charge in [0.2, 0.25) is 0 Å². The van der Waals surface area contributed by atoms with Crippen molar-refractivity contribution in [1.29, 1.82) is 0 Å². The van der Waals surface area contributed by atoms with E-state index in [1.165, 1.54) is 0 Å². The lowest BCUT2D eigenvalue weighted by Crippen LogP contribution is -3.00. The van der Waals surface area contributed by atoms with Gasteiger partial charge in [0.15, 0.2) is 12.7 Å². The van der Waals surface area contributed by atoms with Crippen LogP contribution in [0.3, 0.4) is 0 Å². The first-order valence-corrected chi connectivity index (χ1v) is 7.69. The van der Waals surface area contributed by atoms with Crippen molar-refractivity contribution >= 4 is 17.9 Å². The van der Waals surface area contributed by atoms with Crippen LogP contribution in [0.5, 0.6) is 0 Å². The van der Waals surface area contributed by atoms with Crippen LogP contribution in [0.15, 0.2) is 60.7 Å². The van der Waals surface area contributed by atoms with Gasteiger partial charge in [0.05, 0.1) is 0 Å². The summed E-state index contributed by atoms with van der Waals surface area (Å²) < 4.78 is 0. The van der Waals surface area contributed by atoms with Crippen LogP contribution >= 0.6 is 7.26 Å². The largest absolute Gasteiger partial charge is 1.00 e. The number of rotatable bonds is 4. The lowest BCUT2D eigenvalue weighted by atomic mass is 10.4. The maximum atomic E-state index is 9.77. The van der Waals surface area contributed by atoms with Gasteiger partial charge in [0, 0.05) is 0 Å². The molecule has 2 nitrogen and oxygen atoms in total. The minimum absolute atomic E-state index is 0. The number of hydrogen-bond donors (Lipinski definition) is 2. The topological polar surface area (TPSA) is 40.5 Å². The fourth-order valence-electron chi connectivity index (χ4n) is 1.95. The molecule has 0 aliphatic heterocycles. The molecule has 0 fully saturated rings. The predicted octanol–water partition coefficient (Wildman–Crippen LogP) is -1.44. The maximum Gasteiger partial charge on any atom is 0.166 e. The third-order valence-electron chi connectivity index (χ3n) is 2.98. The highest BCUT2D eigenvalue weighted by molar-refractivity contribution is 7.89. The van der Waals surface area contributed by atoms with Crippen molar-refractivity contribution in [2.24, 2.45) is 0 Å². The van der Waals surface area contributed by atoms with E-state index in [9.17, 15) is 10.2 Å². The Balaban J connectivity index is 0.00000162. The third kappa shape index (κ3) is 2.91. The van der Waals surface area contributed by atoms with Gasteiger partial charge in [-0.1, -0.05) is 36.4 Å². The van der Waals surface area contributed by atoms with E-state index in [2.05, 4.69) is 0 Å². The maximum absolute atomic E-state index is 9.77. The van der Waals surface area contributed by atoms with Crippen LogP contribution in [0.1, 0.15) is 0 Å². The van der Waals surface area contributed by atoms with Crippen LogP contribution < -0.4 is 34.6 Å². The number of hydrogen-bond acceptors (Lipinski definition) is 2. The van der Waals surface area contributed by atoms with Crippen molar-refractivity contribution in [2.75, 3.05) is 12.7 Å². The Morgan fingerprint density at radius 3 is 1.28 bits per heavy atom. The Bertz CT molecular complexity index is 416. The molecule has 0 bridgehead atoms. The van der Waals surface area contributed by atoms with Gasteiger partial charge in [0.1, 0.15) is 17.9 Å². The molecular formula is C14H16IO2P. The second-order valence-corrected chi connectivity index (χ2v) is 7.46. The van der Waals surface area contributed by atoms with E-state index in [0.717, 1.165) is 10.6 Å². The third-order valence-corrected chi connectivity index (χ3v) is 6.52. The summed E-state index contributed by atoms with van der Waals surface area (Å²) in [7, 11) is -2.05. The number of halogens is 1. The molecule has 0 unspecified atom stereocenters. The SMILES string of the molecule is OC[P+](CO)(c1ccccc1)c1ccccc1.[I-]. The summed E-state index contributed by atoms with van der Waals surface area (Å²) in [5, 5.41) is 21.6. The van der Waals surface area contributed by atoms with Crippen LogP contribution in [-0.4, -0.2) is 22.9 Å². The Kier molecular flexibility index (Phi) is 6.22. The average Bonchev–Trinajstić information content (AvgIpc) is 2.43. The zero-order valence-corrected chi connectivity index (χ0v) is 13.0. The summed E-state index contributed by atoms with van der Waals surface area (Å²) in [4.78, 5) is 0. The van der Waals surface area contributed by atoms with E-state index in [0.29, 0.717) is 0 Å².